The maximum absolute atomic E-state index is 12.0. The van der Waals surface area contributed by atoms with E-state index >= 15 is 0 Å². The molecule has 0 atom stereocenters. The molecule has 0 fully saturated rings. The van der Waals surface area contributed by atoms with Crippen molar-refractivity contribution in [3.05, 3.63) is 78.8 Å². The lowest BCUT2D eigenvalue weighted by Crippen LogP contribution is -2.35. The summed E-state index contributed by atoms with van der Waals surface area (Å²) in [6.07, 6.45) is 5.31. The molecule has 0 saturated carbocycles. The molecule has 0 aliphatic carbocycles. The third-order valence-electron chi connectivity index (χ3n) is 4.48. The predicted octanol–water partition coefficient (Wildman–Crippen LogP) is 3.51. The lowest BCUT2D eigenvalue weighted by molar-refractivity contribution is 0.253. The Labute approximate surface area is 162 Å². The summed E-state index contributed by atoms with van der Waals surface area (Å²) in [6.45, 7) is 0.361. The number of primary amides is 1. The quantitative estimate of drug-likeness (QED) is 0.580. The minimum Gasteiger partial charge on any atom is -0.497 e. The Hall–Kier alpha value is -3.87. The van der Waals surface area contributed by atoms with E-state index in [1.165, 1.54) is 4.90 Å². The summed E-state index contributed by atoms with van der Waals surface area (Å²) in [5.74, 6) is 0.759. The van der Waals surface area contributed by atoms with Crippen molar-refractivity contribution in [2.75, 3.05) is 12.0 Å². The van der Waals surface area contributed by atoms with Crippen LogP contribution >= 0.6 is 0 Å². The highest BCUT2D eigenvalue weighted by Crippen LogP contribution is 2.25. The Morgan fingerprint density at radius 2 is 1.96 bits per heavy atom. The highest BCUT2D eigenvalue weighted by atomic mass is 16.5. The molecular weight excluding hydrogens is 354 g/mol. The van der Waals surface area contributed by atoms with Gasteiger partial charge in [-0.2, -0.15) is 5.10 Å². The largest absolute Gasteiger partial charge is 0.497 e. The van der Waals surface area contributed by atoms with Gasteiger partial charge in [-0.05, 0) is 48.0 Å². The van der Waals surface area contributed by atoms with Gasteiger partial charge in [-0.1, -0.05) is 6.07 Å². The van der Waals surface area contributed by atoms with E-state index in [1.54, 1.807) is 24.2 Å². The first-order valence-electron chi connectivity index (χ1n) is 8.74. The topological polar surface area (TPSA) is 86.3 Å². The summed E-state index contributed by atoms with van der Waals surface area (Å²) in [6, 6.07) is 16.5. The highest BCUT2D eigenvalue weighted by Gasteiger charge is 2.15. The average Bonchev–Trinajstić information content (AvgIpc) is 3.16. The first kappa shape index (κ1) is 17.5. The molecule has 0 aliphatic rings. The van der Waals surface area contributed by atoms with Crippen molar-refractivity contribution in [1.82, 2.24) is 14.8 Å². The molecular formula is C21H19N5O2. The zero-order valence-electron chi connectivity index (χ0n) is 15.3. The van der Waals surface area contributed by atoms with Crippen molar-refractivity contribution in [1.29, 1.82) is 0 Å². The van der Waals surface area contributed by atoms with Gasteiger partial charge in [0.25, 0.3) is 0 Å². The monoisotopic (exact) mass is 373 g/mol. The van der Waals surface area contributed by atoms with Gasteiger partial charge in [-0.3, -0.25) is 9.88 Å². The molecule has 2 amide bonds. The van der Waals surface area contributed by atoms with Crippen LogP contribution in [-0.2, 0) is 6.54 Å². The fourth-order valence-corrected chi connectivity index (χ4v) is 3.02. The highest BCUT2D eigenvalue weighted by molar-refractivity contribution is 5.93. The van der Waals surface area contributed by atoms with Crippen LogP contribution in [0.5, 0.6) is 5.75 Å². The lowest BCUT2D eigenvalue weighted by Gasteiger charge is -2.20. The first-order valence-corrected chi connectivity index (χ1v) is 8.74. The summed E-state index contributed by atoms with van der Waals surface area (Å²) in [5.41, 5.74) is 8.90. The zero-order valence-corrected chi connectivity index (χ0v) is 15.3. The van der Waals surface area contributed by atoms with Crippen LogP contribution in [0.1, 0.15) is 5.56 Å². The molecule has 0 spiro atoms. The molecule has 28 heavy (non-hydrogen) atoms. The van der Waals surface area contributed by atoms with Crippen LogP contribution in [0.25, 0.3) is 16.6 Å². The number of amides is 2. The van der Waals surface area contributed by atoms with Crippen molar-refractivity contribution in [3.8, 4) is 11.4 Å². The SMILES string of the molecule is COc1cccc(-n2cc3ccc(N(Cc4ccncc4)C(N)=O)cc3n2)c1. The number of hydrogen-bond donors (Lipinski definition) is 1. The van der Waals surface area contributed by atoms with Crippen molar-refractivity contribution in [3.63, 3.8) is 0 Å². The van der Waals surface area contributed by atoms with E-state index in [2.05, 4.69) is 10.1 Å². The number of methoxy groups -OCH3 is 1. The van der Waals surface area contributed by atoms with Gasteiger partial charge in [0.2, 0.25) is 0 Å². The van der Waals surface area contributed by atoms with Crippen molar-refractivity contribution >= 4 is 22.6 Å². The molecule has 0 saturated heterocycles. The van der Waals surface area contributed by atoms with E-state index in [1.807, 2.05) is 60.8 Å². The van der Waals surface area contributed by atoms with Gasteiger partial charge in [-0.15, -0.1) is 0 Å². The predicted molar refractivity (Wildman–Crippen MR) is 108 cm³/mol. The minimum absolute atomic E-state index is 0.361. The van der Waals surface area contributed by atoms with E-state index in [4.69, 9.17) is 10.5 Å². The minimum atomic E-state index is -0.525. The molecule has 2 heterocycles. The number of rotatable bonds is 5. The van der Waals surface area contributed by atoms with E-state index in [0.29, 0.717) is 12.2 Å². The van der Waals surface area contributed by atoms with E-state index in [-0.39, 0.29) is 0 Å². The number of nitrogens with two attached hydrogens (primary N) is 1. The van der Waals surface area contributed by atoms with Crippen LogP contribution in [0.4, 0.5) is 10.5 Å². The molecule has 0 unspecified atom stereocenters. The summed E-state index contributed by atoms with van der Waals surface area (Å²) in [4.78, 5) is 17.5. The first-order chi connectivity index (χ1) is 13.6. The summed E-state index contributed by atoms with van der Waals surface area (Å²) >= 11 is 0. The smallest absolute Gasteiger partial charge is 0.319 e. The van der Waals surface area contributed by atoms with E-state index < -0.39 is 6.03 Å². The Morgan fingerprint density at radius 1 is 1.14 bits per heavy atom. The summed E-state index contributed by atoms with van der Waals surface area (Å²) in [7, 11) is 1.63. The number of benzene rings is 2. The number of fused-ring (bicyclic) bond motifs is 1. The van der Waals surface area contributed by atoms with Crippen molar-refractivity contribution in [2.24, 2.45) is 5.73 Å². The van der Waals surface area contributed by atoms with Crippen LogP contribution in [0.3, 0.4) is 0 Å². The van der Waals surface area contributed by atoms with E-state index in [9.17, 15) is 4.79 Å². The van der Waals surface area contributed by atoms with Crippen LogP contribution in [0, 0.1) is 0 Å². The Balaban J connectivity index is 1.69. The standard InChI is InChI=1S/C21H19N5O2/c1-28-19-4-2-3-18(11-19)26-14-16-5-6-17(12-20(16)24-26)25(21(22)27)13-15-7-9-23-10-8-15/h2-12,14H,13H2,1H3,(H2,22,27). The second kappa shape index (κ2) is 7.40. The molecule has 4 aromatic rings. The molecule has 4 rings (SSSR count). The van der Waals surface area contributed by atoms with Crippen molar-refractivity contribution in [2.45, 2.75) is 6.54 Å². The van der Waals surface area contributed by atoms with Crippen LogP contribution in [0.15, 0.2) is 73.2 Å². The lowest BCUT2D eigenvalue weighted by atomic mass is 10.2. The molecule has 2 N–H and O–H groups in total. The van der Waals surface area contributed by atoms with Gasteiger partial charge in [0.05, 0.1) is 24.9 Å². The third kappa shape index (κ3) is 3.50. The number of pyridine rings is 1. The number of urea groups is 1. The number of nitrogens with zero attached hydrogens (tertiary/aromatic N) is 4. The molecule has 7 nitrogen and oxygen atoms in total. The second-order valence-corrected chi connectivity index (χ2v) is 6.30. The molecule has 140 valence electrons. The van der Waals surface area contributed by atoms with Crippen molar-refractivity contribution < 1.29 is 9.53 Å². The maximum Gasteiger partial charge on any atom is 0.319 e. The molecule has 0 aliphatic heterocycles. The molecule has 2 aromatic heterocycles. The van der Waals surface area contributed by atoms with Gasteiger partial charge in [-0.25, -0.2) is 9.48 Å². The molecule has 0 radical (unpaired) electrons. The number of carbonyl (C=O) groups excluding carboxylic acids is 1. The molecule has 2 aromatic carbocycles. The molecule has 0 bridgehead atoms. The van der Waals surface area contributed by atoms with Gasteiger partial charge in [0, 0.05) is 35.7 Å². The number of carbonyl (C=O) groups is 1. The Bertz CT molecular complexity index is 1120. The van der Waals surface area contributed by atoms with Gasteiger partial charge in [0.1, 0.15) is 5.75 Å². The van der Waals surface area contributed by atoms with E-state index in [0.717, 1.165) is 27.9 Å². The van der Waals surface area contributed by atoms with Crippen LogP contribution < -0.4 is 15.4 Å². The zero-order chi connectivity index (χ0) is 19.5. The number of aromatic nitrogens is 3. The Kier molecular flexibility index (Phi) is 4.63. The number of hydrogen-bond acceptors (Lipinski definition) is 4. The maximum atomic E-state index is 12.0. The number of anilines is 1. The third-order valence-corrected chi connectivity index (χ3v) is 4.48. The van der Waals surface area contributed by atoms with Crippen LogP contribution in [-0.4, -0.2) is 27.9 Å². The van der Waals surface area contributed by atoms with Gasteiger partial charge in [0.15, 0.2) is 0 Å². The Morgan fingerprint density at radius 3 is 2.71 bits per heavy atom. The fraction of sp³-hybridized carbons (Fsp3) is 0.0952. The fourth-order valence-electron chi connectivity index (χ4n) is 3.02. The number of ether oxygens (including phenoxy) is 1. The van der Waals surface area contributed by atoms with Gasteiger partial charge < -0.3 is 10.5 Å². The van der Waals surface area contributed by atoms with Crippen LogP contribution in [0.2, 0.25) is 0 Å². The molecule has 7 heteroatoms. The summed E-state index contributed by atoms with van der Waals surface area (Å²) in [5, 5.41) is 5.60. The summed E-state index contributed by atoms with van der Waals surface area (Å²) < 4.78 is 7.07. The normalized spacial score (nSPS) is 10.8. The van der Waals surface area contributed by atoms with Gasteiger partial charge >= 0.3 is 6.03 Å². The average molecular weight is 373 g/mol. The second-order valence-electron chi connectivity index (χ2n) is 6.30.